The topological polar surface area (TPSA) is 107 Å². The van der Waals surface area contributed by atoms with Crippen molar-refractivity contribution in [3.05, 3.63) is 60.7 Å². The van der Waals surface area contributed by atoms with E-state index in [2.05, 4.69) is 15.0 Å². The highest BCUT2D eigenvalue weighted by molar-refractivity contribution is 5.96. The van der Waals surface area contributed by atoms with Gasteiger partial charge in [0.25, 0.3) is 5.91 Å². The average molecular weight is 401 g/mol. The van der Waals surface area contributed by atoms with Crippen LogP contribution < -0.4 is 5.73 Å². The van der Waals surface area contributed by atoms with Crippen molar-refractivity contribution >= 4 is 22.8 Å². The summed E-state index contributed by atoms with van der Waals surface area (Å²) in [7, 11) is 0. The molecular formula is C22H19N5O3. The molecule has 2 N–H and O–H groups in total. The Morgan fingerprint density at radius 1 is 0.967 bits per heavy atom. The molecule has 0 unspecified atom stereocenters. The Labute approximate surface area is 172 Å². The lowest BCUT2D eigenvalue weighted by molar-refractivity contribution is 0.0299. The van der Waals surface area contributed by atoms with Crippen LogP contribution in [0.15, 0.2) is 59.4 Å². The second-order valence-electron chi connectivity index (χ2n) is 6.99. The second kappa shape index (κ2) is 7.57. The van der Waals surface area contributed by atoms with Crippen molar-refractivity contribution in [2.75, 3.05) is 32.0 Å². The predicted octanol–water partition coefficient (Wildman–Crippen LogP) is 3.01. The van der Waals surface area contributed by atoms with Gasteiger partial charge >= 0.3 is 0 Å². The molecule has 1 fully saturated rings. The summed E-state index contributed by atoms with van der Waals surface area (Å²) in [5.74, 6) is 0.998. The molecule has 8 heteroatoms. The van der Waals surface area contributed by atoms with Gasteiger partial charge in [-0.15, -0.1) is 0 Å². The van der Waals surface area contributed by atoms with Gasteiger partial charge in [0.15, 0.2) is 5.58 Å². The zero-order valence-corrected chi connectivity index (χ0v) is 16.1. The van der Waals surface area contributed by atoms with Crippen molar-refractivity contribution < 1.29 is 13.9 Å². The Morgan fingerprint density at radius 2 is 1.80 bits per heavy atom. The molecule has 0 spiro atoms. The van der Waals surface area contributed by atoms with Gasteiger partial charge in [-0.2, -0.15) is 0 Å². The Balaban J connectivity index is 1.53. The molecule has 0 saturated carbocycles. The predicted molar refractivity (Wildman–Crippen MR) is 112 cm³/mol. The summed E-state index contributed by atoms with van der Waals surface area (Å²) in [6.07, 6.45) is 5.03. The fraction of sp³-hybridized carbons (Fsp3) is 0.182. The Kier molecular flexibility index (Phi) is 4.61. The van der Waals surface area contributed by atoms with Crippen molar-refractivity contribution in [3.63, 3.8) is 0 Å². The van der Waals surface area contributed by atoms with E-state index in [1.54, 1.807) is 35.6 Å². The molecule has 8 nitrogen and oxygen atoms in total. The van der Waals surface area contributed by atoms with Crippen LogP contribution in [0.2, 0.25) is 0 Å². The standard InChI is InChI=1S/C22H19N5O3/c23-20-2-1-15(13-26-20)19-12-17-21(30-19)16(4-6-24-17)14-3-5-25-18(11-14)22(28)27-7-9-29-10-8-27/h1-6,11-13H,7-10H2,(H2,23,26). The molecule has 1 aliphatic rings. The number of nitrogens with two attached hydrogens (primary N) is 1. The van der Waals surface area contributed by atoms with Gasteiger partial charge in [-0.3, -0.25) is 14.8 Å². The number of furan rings is 1. The number of hydrogen-bond acceptors (Lipinski definition) is 7. The average Bonchev–Trinajstić information content (AvgIpc) is 3.24. The normalized spacial score (nSPS) is 14.2. The summed E-state index contributed by atoms with van der Waals surface area (Å²) in [4.78, 5) is 27.4. The van der Waals surface area contributed by atoms with Crippen LogP contribution in [0.5, 0.6) is 0 Å². The first-order valence-electron chi connectivity index (χ1n) is 9.63. The molecule has 4 aromatic heterocycles. The number of carbonyl (C=O) groups is 1. The number of fused-ring (bicyclic) bond motifs is 1. The van der Waals surface area contributed by atoms with Gasteiger partial charge < -0.3 is 19.8 Å². The van der Waals surface area contributed by atoms with E-state index in [0.717, 1.165) is 22.2 Å². The third-order valence-corrected chi connectivity index (χ3v) is 5.07. The van der Waals surface area contributed by atoms with E-state index >= 15 is 0 Å². The number of anilines is 1. The number of nitrogens with zero attached hydrogens (tertiary/aromatic N) is 4. The molecule has 5 heterocycles. The highest BCUT2D eigenvalue weighted by Gasteiger charge is 2.21. The van der Waals surface area contributed by atoms with Gasteiger partial charge in [-0.05, 0) is 35.9 Å². The number of hydrogen-bond donors (Lipinski definition) is 1. The Bertz CT molecular complexity index is 1210. The van der Waals surface area contributed by atoms with Crippen LogP contribution in [0.1, 0.15) is 10.5 Å². The second-order valence-corrected chi connectivity index (χ2v) is 6.99. The molecule has 0 bridgehead atoms. The largest absolute Gasteiger partial charge is 0.454 e. The number of carbonyl (C=O) groups excluding carboxylic acids is 1. The van der Waals surface area contributed by atoms with Gasteiger partial charge in [-0.1, -0.05) is 0 Å². The molecular weight excluding hydrogens is 382 g/mol. The third kappa shape index (κ3) is 3.37. The monoisotopic (exact) mass is 401 g/mol. The lowest BCUT2D eigenvalue weighted by atomic mass is 10.1. The SMILES string of the molecule is Nc1ccc(-c2cc3nccc(-c4ccnc(C(=O)N5CCOCC5)c4)c3o2)cn1. The van der Waals surface area contributed by atoms with Gasteiger partial charge in [0.05, 0.1) is 13.2 Å². The minimum atomic E-state index is -0.0986. The van der Waals surface area contributed by atoms with Crippen molar-refractivity contribution in [1.82, 2.24) is 19.9 Å². The third-order valence-electron chi connectivity index (χ3n) is 5.07. The van der Waals surface area contributed by atoms with Crippen LogP contribution in [0.4, 0.5) is 5.82 Å². The van der Waals surface area contributed by atoms with E-state index in [1.807, 2.05) is 24.3 Å². The van der Waals surface area contributed by atoms with Crippen LogP contribution in [-0.4, -0.2) is 52.1 Å². The maximum absolute atomic E-state index is 12.8. The molecule has 0 atom stereocenters. The molecule has 0 aliphatic carbocycles. The van der Waals surface area contributed by atoms with Crippen molar-refractivity contribution in [1.29, 1.82) is 0 Å². The van der Waals surface area contributed by atoms with Crippen LogP contribution >= 0.6 is 0 Å². The molecule has 0 aromatic carbocycles. The molecule has 1 amide bonds. The van der Waals surface area contributed by atoms with E-state index < -0.39 is 0 Å². The fourth-order valence-electron chi connectivity index (χ4n) is 3.50. The number of morpholine rings is 1. The minimum absolute atomic E-state index is 0.0986. The van der Waals surface area contributed by atoms with Crippen molar-refractivity contribution in [2.24, 2.45) is 0 Å². The first-order valence-corrected chi connectivity index (χ1v) is 9.63. The van der Waals surface area contributed by atoms with Crippen LogP contribution in [0.3, 0.4) is 0 Å². The highest BCUT2D eigenvalue weighted by Crippen LogP contribution is 2.33. The zero-order chi connectivity index (χ0) is 20.5. The van der Waals surface area contributed by atoms with Gasteiger partial charge in [0.1, 0.15) is 22.8 Å². The smallest absolute Gasteiger partial charge is 0.272 e. The quantitative estimate of drug-likeness (QED) is 0.562. The number of pyridine rings is 3. The van der Waals surface area contributed by atoms with E-state index in [1.165, 1.54) is 0 Å². The van der Waals surface area contributed by atoms with E-state index in [9.17, 15) is 4.79 Å². The summed E-state index contributed by atoms with van der Waals surface area (Å²) < 4.78 is 11.4. The summed E-state index contributed by atoms with van der Waals surface area (Å²) in [5.41, 5.74) is 9.92. The molecule has 30 heavy (non-hydrogen) atoms. The van der Waals surface area contributed by atoms with Gasteiger partial charge in [0, 0.05) is 48.9 Å². The molecule has 1 saturated heterocycles. The van der Waals surface area contributed by atoms with Gasteiger partial charge in [-0.25, -0.2) is 4.98 Å². The Morgan fingerprint density at radius 3 is 2.60 bits per heavy atom. The summed E-state index contributed by atoms with van der Waals surface area (Å²) in [6.45, 7) is 2.24. The number of rotatable bonds is 3. The number of nitrogen functional groups attached to an aromatic ring is 1. The van der Waals surface area contributed by atoms with Crippen molar-refractivity contribution in [3.8, 4) is 22.5 Å². The van der Waals surface area contributed by atoms with E-state index in [-0.39, 0.29) is 5.91 Å². The van der Waals surface area contributed by atoms with E-state index in [4.69, 9.17) is 14.9 Å². The summed E-state index contributed by atoms with van der Waals surface area (Å²) in [5, 5.41) is 0. The number of aromatic nitrogens is 3. The van der Waals surface area contributed by atoms with Crippen LogP contribution in [0.25, 0.3) is 33.6 Å². The first kappa shape index (κ1) is 18.3. The maximum Gasteiger partial charge on any atom is 0.272 e. The molecule has 1 aliphatic heterocycles. The highest BCUT2D eigenvalue weighted by atomic mass is 16.5. The van der Waals surface area contributed by atoms with Crippen LogP contribution in [-0.2, 0) is 4.74 Å². The van der Waals surface area contributed by atoms with Gasteiger partial charge in [0.2, 0.25) is 0 Å². The summed E-state index contributed by atoms with van der Waals surface area (Å²) >= 11 is 0. The summed E-state index contributed by atoms with van der Waals surface area (Å²) in [6, 6.07) is 11.0. The molecule has 4 aromatic rings. The van der Waals surface area contributed by atoms with E-state index in [0.29, 0.717) is 49.2 Å². The minimum Gasteiger partial charge on any atom is -0.454 e. The first-order chi connectivity index (χ1) is 14.7. The Hall–Kier alpha value is -3.78. The lowest BCUT2D eigenvalue weighted by Gasteiger charge is -2.26. The number of amides is 1. The molecule has 0 radical (unpaired) electrons. The van der Waals surface area contributed by atoms with Crippen LogP contribution in [0, 0.1) is 0 Å². The fourth-order valence-corrected chi connectivity index (χ4v) is 3.50. The lowest BCUT2D eigenvalue weighted by Crippen LogP contribution is -2.41. The number of ether oxygens (including phenoxy) is 1. The maximum atomic E-state index is 12.8. The zero-order valence-electron chi connectivity index (χ0n) is 16.1. The van der Waals surface area contributed by atoms with Crippen molar-refractivity contribution in [2.45, 2.75) is 0 Å². The molecule has 5 rings (SSSR count). The molecule has 150 valence electrons.